The summed E-state index contributed by atoms with van der Waals surface area (Å²) in [5, 5.41) is 4.32. The molecule has 8 heteroatoms. The van der Waals surface area contributed by atoms with Crippen LogP contribution in [0.15, 0.2) is 42.6 Å². The molecule has 0 saturated heterocycles. The SMILES string of the molecule is CCOC(=O)c1nn(-c2ccccc2)cc1OCC(=O)c1cc(C)n(C(C)COC)c1C. The number of ketones is 1. The fourth-order valence-electron chi connectivity index (χ4n) is 3.79. The number of esters is 1. The van der Waals surface area contributed by atoms with Gasteiger partial charge in [0.2, 0.25) is 11.5 Å². The Bertz CT molecular complexity index is 1080. The second kappa shape index (κ2) is 10.3. The monoisotopic (exact) mass is 439 g/mol. The standard InChI is InChI=1S/C24H29N3O5/c1-6-31-24(29)23-22(13-26(25-23)19-10-8-7-9-11-19)32-15-21(28)20-12-16(2)27(18(20)4)17(3)14-30-5/h7-13,17H,6,14-15H2,1-5H3. The van der Waals surface area contributed by atoms with Crippen molar-refractivity contribution in [3.05, 3.63) is 65.2 Å². The molecule has 0 N–H and O–H groups in total. The smallest absolute Gasteiger partial charge is 0.362 e. The number of methoxy groups -OCH3 is 1. The van der Waals surface area contributed by atoms with E-state index in [1.807, 2.05) is 57.2 Å². The molecule has 0 radical (unpaired) electrons. The quantitative estimate of drug-likeness (QED) is 0.351. The number of rotatable bonds is 10. The Hall–Kier alpha value is -3.39. The highest BCUT2D eigenvalue weighted by Gasteiger charge is 2.23. The molecule has 8 nitrogen and oxygen atoms in total. The van der Waals surface area contributed by atoms with Crippen LogP contribution < -0.4 is 4.74 Å². The minimum atomic E-state index is -0.601. The lowest BCUT2D eigenvalue weighted by molar-refractivity contribution is 0.0513. The summed E-state index contributed by atoms with van der Waals surface area (Å²) >= 11 is 0. The number of carbonyl (C=O) groups is 2. The molecule has 3 rings (SSSR count). The predicted molar refractivity (Wildman–Crippen MR) is 120 cm³/mol. The zero-order valence-electron chi connectivity index (χ0n) is 19.1. The highest BCUT2D eigenvalue weighted by atomic mass is 16.5. The highest BCUT2D eigenvalue weighted by molar-refractivity contribution is 5.99. The van der Waals surface area contributed by atoms with Crippen molar-refractivity contribution in [1.29, 1.82) is 0 Å². The molecule has 1 atom stereocenters. The molecule has 0 aliphatic rings. The molecular formula is C24H29N3O5. The van der Waals surface area contributed by atoms with E-state index in [1.54, 1.807) is 20.2 Å². The third-order valence-corrected chi connectivity index (χ3v) is 5.16. The first kappa shape index (κ1) is 23.3. The molecule has 0 spiro atoms. The molecule has 32 heavy (non-hydrogen) atoms. The molecule has 2 aromatic heterocycles. The summed E-state index contributed by atoms with van der Waals surface area (Å²) in [5.41, 5.74) is 3.20. The number of hydrogen-bond acceptors (Lipinski definition) is 6. The summed E-state index contributed by atoms with van der Waals surface area (Å²) in [5.74, 6) is -0.588. The second-order valence-electron chi connectivity index (χ2n) is 7.51. The van der Waals surface area contributed by atoms with Crippen LogP contribution in [0.3, 0.4) is 0 Å². The average molecular weight is 440 g/mol. The van der Waals surface area contributed by atoms with E-state index >= 15 is 0 Å². The van der Waals surface area contributed by atoms with Gasteiger partial charge in [-0.3, -0.25) is 4.79 Å². The molecule has 0 bridgehead atoms. The van der Waals surface area contributed by atoms with Crippen LogP contribution >= 0.6 is 0 Å². The van der Waals surface area contributed by atoms with Crippen molar-refractivity contribution < 1.29 is 23.8 Å². The van der Waals surface area contributed by atoms with E-state index < -0.39 is 5.97 Å². The van der Waals surface area contributed by atoms with Gasteiger partial charge in [0.15, 0.2) is 12.4 Å². The second-order valence-corrected chi connectivity index (χ2v) is 7.51. The zero-order valence-corrected chi connectivity index (χ0v) is 19.1. The van der Waals surface area contributed by atoms with Crippen molar-refractivity contribution in [2.45, 2.75) is 33.7 Å². The highest BCUT2D eigenvalue weighted by Crippen LogP contribution is 2.24. The molecule has 0 fully saturated rings. The van der Waals surface area contributed by atoms with Crippen LogP contribution in [0.1, 0.15) is 52.1 Å². The Kier molecular flexibility index (Phi) is 7.48. The Labute approximate surface area is 187 Å². The largest absolute Gasteiger partial charge is 0.481 e. The van der Waals surface area contributed by atoms with E-state index in [0.29, 0.717) is 12.2 Å². The van der Waals surface area contributed by atoms with Gasteiger partial charge in [0, 0.05) is 24.1 Å². The number of aryl methyl sites for hydroxylation is 1. The molecule has 1 aromatic carbocycles. The van der Waals surface area contributed by atoms with E-state index in [1.165, 1.54) is 4.68 Å². The molecule has 170 valence electrons. The summed E-state index contributed by atoms with van der Waals surface area (Å²) in [7, 11) is 1.65. The van der Waals surface area contributed by atoms with Gasteiger partial charge in [-0.2, -0.15) is 5.10 Å². The van der Waals surface area contributed by atoms with Crippen LogP contribution in [-0.4, -0.2) is 53.0 Å². The number of Topliss-reactive ketones (excluding diaryl/α,β-unsaturated/α-hetero) is 1. The van der Waals surface area contributed by atoms with Gasteiger partial charge >= 0.3 is 5.97 Å². The normalized spacial score (nSPS) is 11.9. The summed E-state index contributed by atoms with van der Waals surface area (Å²) < 4.78 is 19.7. The molecular weight excluding hydrogens is 410 g/mol. The van der Waals surface area contributed by atoms with Crippen LogP contribution in [0.25, 0.3) is 5.69 Å². The fraction of sp³-hybridized carbons (Fsp3) is 0.375. The van der Waals surface area contributed by atoms with Crippen molar-refractivity contribution >= 4 is 11.8 Å². The summed E-state index contributed by atoms with van der Waals surface area (Å²) in [4.78, 5) is 25.3. The molecule has 0 amide bonds. The fourth-order valence-corrected chi connectivity index (χ4v) is 3.79. The predicted octanol–water partition coefficient (Wildman–Crippen LogP) is 3.94. The molecule has 1 unspecified atom stereocenters. The van der Waals surface area contributed by atoms with Gasteiger partial charge < -0.3 is 18.8 Å². The Morgan fingerprint density at radius 1 is 1.16 bits per heavy atom. The maximum absolute atomic E-state index is 13.0. The van der Waals surface area contributed by atoms with Gasteiger partial charge in [0.25, 0.3) is 0 Å². The third-order valence-electron chi connectivity index (χ3n) is 5.16. The van der Waals surface area contributed by atoms with E-state index in [0.717, 1.165) is 17.1 Å². The van der Waals surface area contributed by atoms with Crippen LogP contribution in [0, 0.1) is 13.8 Å². The van der Waals surface area contributed by atoms with Gasteiger partial charge in [-0.05, 0) is 45.9 Å². The number of nitrogens with zero attached hydrogens (tertiary/aromatic N) is 3. The Balaban J connectivity index is 1.83. The average Bonchev–Trinajstić information content (AvgIpc) is 3.34. The number of hydrogen-bond donors (Lipinski definition) is 0. The van der Waals surface area contributed by atoms with Gasteiger partial charge in [-0.1, -0.05) is 18.2 Å². The first-order valence-corrected chi connectivity index (χ1v) is 10.5. The topological polar surface area (TPSA) is 84.6 Å². The number of ether oxygens (including phenoxy) is 3. The molecule has 0 aliphatic heterocycles. The van der Waals surface area contributed by atoms with Crippen molar-refractivity contribution in [3.63, 3.8) is 0 Å². The number of benzene rings is 1. The summed E-state index contributed by atoms with van der Waals surface area (Å²) in [6.45, 7) is 8.15. The van der Waals surface area contributed by atoms with Crippen molar-refractivity contribution in [2.24, 2.45) is 0 Å². The lowest BCUT2D eigenvalue weighted by Gasteiger charge is -2.17. The summed E-state index contributed by atoms with van der Waals surface area (Å²) in [6.07, 6.45) is 1.58. The Morgan fingerprint density at radius 3 is 2.53 bits per heavy atom. The molecule has 3 aromatic rings. The summed E-state index contributed by atoms with van der Waals surface area (Å²) in [6, 6.07) is 11.3. The third kappa shape index (κ3) is 4.91. The van der Waals surface area contributed by atoms with E-state index in [9.17, 15) is 9.59 Å². The van der Waals surface area contributed by atoms with Crippen LogP contribution in [0.4, 0.5) is 0 Å². The van der Waals surface area contributed by atoms with E-state index in [-0.39, 0.29) is 36.5 Å². The maximum Gasteiger partial charge on any atom is 0.362 e. The molecule has 2 heterocycles. The number of carbonyl (C=O) groups excluding carboxylic acids is 2. The minimum absolute atomic E-state index is 0.0303. The van der Waals surface area contributed by atoms with Crippen molar-refractivity contribution in [1.82, 2.24) is 14.3 Å². The van der Waals surface area contributed by atoms with E-state index in [2.05, 4.69) is 9.67 Å². The van der Waals surface area contributed by atoms with Crippen LogP contribution in [0.5, 0.6) is 5.75 Å². The van der Waals surface area contributed by atoms with Gasteiger partial charge in [0.05, 0.1) is 31.1 Å². The first-order valence-electron chi connectivity index (χ1n) is 10.5. The van der Waals surface area contributed by atoms with E-state index in [4.69, 9.17) is 14.2 Å². The van der Waals surface area contributed by atoms with Crippen molar-refractivity contribution in [3.8, 4) is 11.4 Å². The lowest BCUT2D eigenvalue weighted by Crippen LogP contribution is -2.17. The number of para-hydroxylation sites is 1. The van der Waals surface area contributed by atoms with Gasteiger partial charge in [-0.15, -0.1) is 0 Å². The van der Waals surface area contributed by atoms with Crippen LogP contribution in [-0.2, 0) is 9.47 Å². The number of aromatic nitrogens is 3. The first-order chi connectivity index (χ1) is 15.4. The van der Waals surface area contributed by atoms with Crippen LogP contribution in [0.2, 0.25) is 0 Å². The minimum Gasteiger partial charge on any atom is -0.481 e. The molecule has 0 saturated carbocycles. The molecule has 0 aliphatic carbocycles. The maximum atomic E-state index is 13.0. The zero-order chi connectivity index (χ0) is 23.3. The van der Waals surface area contributed by atoms with Gasteiger partial charge in [-0.25, -0.2) is 9.48 Å². The lowest BCUT2D eigenvalue weighted by atomic mass is 10.1. The Morgan fingerprint density at radius 2 is 1.88 bits per heavy atom. The van der Waals surface area contributed by atoms with Gasteiger partial charge in [0.1, 0.15) is 0 Å². The van der Waals surface area contributed by atoms with Crippen molar-refractivity contribution in [2.75, 3.05) is 26.9 Å².